The van der Waals surface area contributed by atoms with Gasteiger partial charge in [-0.15, -0.1) is 17.9 Å². The Kier molecular flexibility index (Phi) is 11.1. The number of nitrogens with zero attached hydrogens (tertiary/aromatic N) is 3. The maximum Gasteiger partial charge on any atom is 0.408 e. The Bertz CT molecular complexity index is 2020. The van der Waals surface area contributed by atoms with Gasteiger partial charge in [-0.2, -0.15) is 0 Å². The SMILES string of the molecule is C=CC1CC1(NC(=O)C1CC(Oc2cc(-c3csc(NC(C)=O)n3)nc3cc(OC)c(C)cc23)CN1C(=O)C(NC(=O)OC1CCCC1)C(C)(C)C)C(=O)O. The van der Waals surface area contributed by atoms with Gasteiger partial charge >= 0.3 is 12.1 Å². The molecule has 294 valence electrons. The van der Waals surface area contributed by atoms with Gasteiger partial charge in [0.05, 0.1) is 24.9 Å². The number of amides is 4. The van der Waals surface area contributed by atoms with Crippen LogP contribution in [0.25, 0.3) is 22.3 Å². The minimum absolute atomic E-state index is 0.0209. The van der Waals surface area contributed by atoms with Crippen LogP contribution in [-0.2, 0) is 23.9 Å². The van der Waals surface area contributed by atoms with Gasteiger partial charge in [0.1, 0.15) is 47.0 Å². The highest BCUT2D eigenvalue weighted by Gasteiger charge is 2.61. The number of fused-ring (bicyclic) bond motifs is 1. The van der Waals surface area contributed by atoms with Crippen molar-refractivity contribution in [2.75, 3.05) is 19.0 Å². The van der Waals surface area contributed by atoms with Gasteiger partial charge in [0.25, 0.3) is 0 Å². The molecule has 3 fully saturated rings. The molecule has 3 heterocycles. The van der Waals surface area contributed by atoms with Crippen LogP contribution in [0.5, 0.6) is 11.5 Å². The van der Waals surface area contributed by atoms with Crippen molar-refractivity contribution >= 4 is 57.2 Å². The van der Waals surface area contributed by atoms with Crippen LogP contribution in [-0.4, -0.2) is 93.2 Å². The minimum Gasteiger partial charge on any atom is -0.496 e. The number of pyridine rings is 1. The molecule has 15 nitrogen and oxygen atoms in total. The van der Waals surface area contributed by atoms with Gasteiger partial charge in [0.15, 0.2) is 5.13 Å². The zero-order valence-corrected chi connectivity index (χ0v) is 32.7. The van der Waals surface area contributed by atoms with Gasteiger partial charge in [-0.1, -0.05) is 26.8 Å². The lowest BCUT2D eigenvalue weighted by atomic mass is 9.85. The summed E-state index contributed by atoms with van der Waals surface area (Å²) < 4.78 is 17.9. The fourth-order valence-corrected chi connectivity index (χ4v) is 8.13. The lowest BCUT2D eigenvalue weighted by molar-refractivity contribution is -0.146. The number of ether oxygens (including phenoxy) is 3. The molecule has 6 rings (SSSR count). The van der Waals surface area contributed by atoms with Crippen LogP contribution in [0.15, 0.2) is 36.2 Å². The average Bonchev–Trinajstić information content (AvgIpc) is 3.53. The molecule has 3 aliphatic rings. The first-order valence-corrected chi connectivity index (χ1v) is 19.3. The molecule has 4 N–H and O–H groups in total. The molecule has 55 heavy (non-hydrogen) atoms. The van der Waals surface area contributed by atoms with Crippen LogP contribution in [0.2, 0.25) is 0 Å². The number of aliphatic carboxylic acids is 1. The number of carbonyl (C=O) groups is 5. The molecule has 0 spiro atoms. The molecule has 1 aromatic carbocycles. The van der Waals surface area contributed by atoms with E-state index in [-0.39, 0.29) is 31.4 Å². The first-order valence-electron chi connectivity index (χ1n) is 18.4. The summed E-state index contributed by atoms with van der Waals surface area (Å²) >= 11 is 1.24. The number of anilines is 1. The number of benzene rings is 1. The van der Waals surface area contributed by atoms with Crippen LogP contribution in [0, 0.1) is 18.3 Å². The van der Waals surface area contributed by atoms with Crippen LogP contribution in [0.1, 0.15) is 71.8 Å². The maximum atomic E-state index is 14.6. The average molecular weight is 777 g/mol. The first kappa shape index (κ1) is 39.4. The highest BCUT2D eigenvalue weighted by atomic mass is 32.1. The molecule has 4 amide bonds. The van der Waals surface area contributed by atoms with E-state index < -0.39 is 58.9 Å². The number of hydrogen-bond acceptors (Lipinski definition) is 11. The minimum atomic E-state index is -1.53. The zero-order valence-electron chi connectivity index (χ0n) is 31.9. The molecule has 1 aliphatic heterocycles. The van der Waals surface area contributed by atoms with Crippen LogP contribution >= 0.6 is 11.3 Å². The number of alkyl carbamates (subject to hydrolysis) is 1. The van der Waals surface area contributed by atoms with Crippen molar-refractivity contribution < 1.29 is 43.3 Å². The van der Waals surface area contributed by atoms with Crippen molar-refractivity contribution in [3.8, 4) is 22.9 Å². The second kappa shape index (κ2) is 15.5. The van der Waals surface area contributed by atoms with E-state index in [1.165, 1.54) is 29.2 Å². The van der Waals surface area contributed by atoms with Gasteiger partial charge in [-0.3, -0.25) is 14.4 Å². The highest BCUT2D eigenvalue weighted by Crippen LogP contribution is 2.45. The summed E-state index contributed by atoms with van der Waals surface area (Å²) in [5, 5.41) is 21.1. The van der Waals surface area contributed by atoms with E-state index in [4.69, 9.17) is 19.2 Å². The second-order valence-corrected chi connectivity index (χ2v) is 16.5. The van der Waals surface area contributed by atoms with E-state index in [9.17, 15) is 29.1 Å². The van der Waals surface area contributed by atoms with Gasteiger partial charge in [-0.25, -0.2) is 19.6 Å². The van der Waals surface area contributed by atoms with Gasteiger partial charge in [0, 0.05) is 42.2 Å². The fraction of sp³-hybridized carbons (Fsp3) is 0.513. The van der Waals surface area contributed by atoms with Crippen molar-refractivity contribution in [3.63, 3.8) is 0 Å². The quantitative estimate of drug-likeness (QED) is 0.176. The summed E-state index contributed by atoms with van der Waals surface area (Å²) in [6.45, 7) is 12.4. The van der Waals surface area contributed by atoms with E-state index in [1.54, 1.807) is 45.4 Å². The van der Waals surface area contributed by atoms with Crippen LogP contribution in [0.3, 0.4) is 0 Å². The molecule has 2 aliphatic carbocycles. The number of thiazole rings is 1. The summed E-state index contributed by atoms with van der Waals surface area (Å²) in [6.07, 6.45) is 3.43. The third kappa shape index (κ3) is 8.38. The normalized spacial score (nSPS) is 22.8. The summed E-state index contributed by atoms with van der Waals surface area (Å²) in [7, 11) is 1.56. The van der Waals surface area contributed by atoms with Gasteiger partial charge in [-0.05, 0) is 56.1 Å². The Morgan fingerprint density at radius 1 is 1.07 bits per heavy atom. The number of carbonyl (C=O) groups excluding carboxylic acids is 4. The number of aromatic nitrogens is 2. The molecule has 2 saturated carbocycles. The lowest BCUT2D eigenvalue weighted by Crippen LogP contribution is -2.59. The summed E-state index contributed by atoms with van der Waals surface area (Å²) in [4.78, 5) is 76.6. The van der Waals surface area contributed by atoms with E-state index in [0.29, 0.717) is 38.9 Å². The highest BCUT2D eigenvalue weighted by molar-refractivity contribution is 7.14. The van der Waals surface area contributed by atoms with Crippen LogP contribution in [0.4, 0.5) is 9.93 Å². The largest absolute Gasteiger partial charge is 0.496 e. The third-order valence-electron chi connectivity index (χ3n) is 10.5. The summed E-state index contributed by atoms with van der Waals surface area (Å²) in [5.41, 5.74) is -0.0316. The van der Waals surface area contributed by atoms with Gasteiger partial charge < -0.3 is 40.2 Å². The lowest BCUT2D eigenvalue weighted by Gasteiger charge is -2.35. The van der Waals surface area contributed by atoms with Crippen molar-refractivity contribution in [1.29, 1.82) is 0 Å². The third-order valence-corrected chi connectivity index (χ3v) is 11.2. The van der Waals surface area contributed by atoms with Crippen molar-refractivity contribution in [2.45, 2.75) is 103 Å². The number of likely N-dealkylation sites (tertiary alicyclic amines) is 1. The Morgan fingerprint density at radius 2 is 1.80 bits per heavy atom. The zero-order chi connectivity index (χ0) is 39.8. The summed E-state index contributed by atoms with van der Waals surface area (Å²) in [6, 6.07) is 3.16. The van der Waals surface area contributed by atoms with Crippen molar-refractivity contribution in [2.24, 2.45) is 11.3 Å². The molecule has 3 aromatic rings. The molecular weight excluding hydrogens is 729 g/mol. The molecular formula is C39H48N6O9S. The van der Waals surface area contributed by atoms with E-state index in [1.807, 2.05) is 13.0 Å². The number of aryl methyl sites for hydroxylation is 1. The molecule has 1 saturated heterocycles. The maximum absolute atomic E-state index is 14.6. The molecule has 5 atom stereocenters. The predicted molar refractivity (Wildman–Crippen MR) is 205 cm³/mol. The topological polar surface area (TPSA) is 198 Å². The monoisotopic (exact) mass is 776 g/mol. The Labute approximate surface area is 323 Å². The number of carboxylic acids is 1. The van der Waals surface area contributed by atoms with E-state index in [0.717, 1.165) is 31.2 Å². The van der Waals surface area contributed by atoms with Crippen molar-refractivity contribution in [1.82, 2.24) is 25.5 Å². The fourth-order valence-electron chi connectivity index (χ4n) is 7.38. The van der Waals surface area contributed by atoms with Crippen LogP contribution < -0.4 is 25.4 Å². The number of rotatable bonds is 12. The van der Waals surface area contributed by atoms with E-state index >= 15 is 0 Å². The second-order valence-electron chi connectivity index (χ2n) is 15.6. The standard InChI is InChI=1S/C39H48N6O9S/c1-8-22-17-39(22,35(49)50)44-33(47)29-14-24(18-45(29)34(48)32(38(4,5)6)43-37(51)54-23-11-9-10-12-23)53-31-16-27(28-19-55-36(42-28)40-21(3)46)41-26-15-30(52-7)20(2)13-25(26)31/h8,13,15-16,19,22-24,29,32H,1,9-12,14,17-18H2,2-7H3,(H,43,51)(H,44,47)(H,49,50)(H,40,42,46). The first-order chi connectivity index (χ1) is 26.0. The predicted octanol–water partition coefficient (Wildman–Crippen LogP) is 5.21. The number of nitrogens with one attached hydrogen (secondary N) is 3. The Morgan fingerprint density at radius 3 is 2.42 bits per heavy atom. The number of methoxy groups -OCH3 is 1. The molecule has 5 unspecified atom stereocenters. The molecule has 0 bridgehead atoms. The number of carboxylic acid groups (broad SMARTS) is 1. The molecule has 2 aromatic heterocycles. The van der Waals surface area contributed by atoms with Crippen molar-refractivity contribution in [3.05, 3.63) is 41.8 Å². The Hall–Kier alpha value is -5.25. The van der Waals surface area contributed by atoms with Gasteiger partial charge in [0.2, 0.25) is 17.7 Å². The Balaban J connectivity index is 1.34. The smallest absolute Gasteiger partial charge is 0.408 e. The molecule has 16 heteroatoms. The molecule has 0 radical (unpaired) electrons. The number of hydrogen-bond donors (Lipinski definition) is 4. The summed E-state index contributed by atoms with van der Waals surface area (Å²) in [5.74, 6) is -2.10. The van der Waals surface area contributed by atoms with E-state index in [2.05, 4.69) is 27.5 Å².